The molecule has 7 heavy (non-hydrogen) atoms. The number of allylic oxidation sites excluding steroid dienone is 4. The summed E-state index contributed by atoms with van der Waals surface area (Å²) in [5.41, 5.74) is 0. The Morgan fingerprint density at radius 3 is 2.43 bits per heavy atom. The maximum absolute atomic E-state index is 4.61. The van der Waals surface area contributed by atoms with E-state index < -0.39 is 0 Å². The summed E-state index contributed by atoms with van der Waals surface area (Å²) < 4.78 is 0. The molecular weight excluding hydrogens is 291 g/mol. The van der Waals surface area contributed by atoms with Crippen LogP contribution in [0.4, 0.5) is 0 Å². The van der Waals surface area contributed by atoms with Crippen molar-refractivity contribution in [2.24, 2.45) is 0 Å². The molecule has 0 aliphatic heterocycles. The van der Waals surface area contributed by atoms with Gasteiger partial charge in [0, 0.05) is 0 Å². The number of hydrogen-bond acceptors (Lipinski definition) is 0. The van der Waals surface area contributed by atoms with Crippen LogP contribution in [0.15, 0.2) is 18.2 Å². The molecule has 42 valence electrons. The normalized spacial score (nSPS) is 13.6. The molecule has 0 unspecified atom stereocenters. The standard InChI is InChI=1S/C5H5.ClH.Pt/c1-2-4-5-3-1;;/h1-3H,4H2;1H;/q-1;;+2/p-1. The fourth-order valence-electron chi connectivity index (χ4n) is 0.340. The minimum atomic E-state index is 1.01. The van der Waals surface area contributed by atoms with E-state index in [2.05, 4.69) is 21.6 Å². The molecule has 0 nitrogen and oxygen atoms in total. The Balaban J connectivity index is 0.000000162. The van der Waals surface area contributed by atoms with Crippen LogP contribution in [0.25, 0.3) is 0 Å². The zero-order chi connectivity index (χ0) is 5.54. The van der Waals surface area contributed by atoms with Gasteiger partial charge in [-0.1, -0.05) is 0 Å². The van der Waals surface area contributed by atoms with Gasteiger partial charge in [0.25, 0.3) is 0 Å². The van der Waals surface area contributed by atoms with Crippen LogP contribution in [-0.2, 0) is 18.8 Å². The molecule has 0 aromatic carbocycles. The monoisotopic (exact) mass is 295 g/mol. The molecule has 1 rings (SSSR count). The summed E-state index contributed by atoms with van der Waals surface area (Å²) in [5, 5.41) is 0. The Bertz CT molecular complexity index is 66.1. The molecule has 0 bridgehead atoms. The third kappa shape index (κ3) is 4.31. The molecule has 0 saturated heterocycles. The zero-order valence-electron chi connectivity index (χ0n) is 3.63. The van der Waals surface area contributed by atoms with Crippen LogP contribution in [0, 0.1) is 6.08 Å². The Hall–Kier alpha value is 0.458. The average molecular weight is 296 g/mol. The first-order chi connectivity index (χ1) is 3.50. The van der Waals surface area contributed by atoms with Crippen molar-refractivity contribution in [3.8, 4) is 0 Å². The quantitative estimate of drug-likeness (QED) is 0.600. The van der Waals surface area contributed by atoms with Gasteiger partial charge in [-0.05, 0) is 0 Å². The van der Waals surface area contributed by atoms with E-state index in [0.29, 0.717) is 0 Å². The predicted octanol–water partition coefficient (Wildman–Crippen LogP) is 1.99. The van der Waals surface area contributed by atoms with Crippen LogP contribution in [-0.4, -0.2) is 0 Å². The van der Waals surface area contributed by atoms with Crippen LogP contribution in [0.2, 0.25) is 0 Å². The van der Waals surface area contributed by atoms with Crippen molar-refractivity contribution in [1.82, 2.24) is 0 Å². The topological polar surface area (TPSA) is 0 Å². The van der Waals surface area contributed by atoms with E-state index >= 15 is 0 Å². The van der Waals surface area contributed by atoms with Crippen molar-refractivity contribution in [2.75, 3.05) is 0 Å². The second kappa shape index (κ2) is 6.46. The maximum atomic E-state index is 4.61. The molecule has 0 radical (unpaired) electrons. The summed E-state index contributed by atoms with van der Waals surface area (Å²) in [4.78, 5) is 0. The van der Waals surface area contributed by atoms with Gasteiger partial charge in [-0.2, -0.15) is 6.08 Å². The first-order valence-electron chi connectivity index (χ1n) is 1.84. The number of hydrogen-bond donors (Lipinski definition) is 0. The summed E-state index contributed by atoms with van der Waals surface area (Å²) in [6.07, 6.45) is 10.0. The molecule has 0 aromatic heterocycles. The molecule has 0 spiro atoms. The Labute approximate surface area is 59.1 Å². The van der Waals surface area contributed by atoms with Crippen molar-refractivity contribution in [1.29, 1.82) is 0 Å². The Morgan fingerprint density at radius 1 is 1.57 bits per heavy atom. The summed E-state index contributed by atoms with van der Waals surface area (Å²) in [7, 11) is 4.61. The first kappa shape index (κ1) is 7.46. The van der Waals surface area contributed by atoms with E-state index in [4.69, 9.17) is 0 Å². The van der Waals surface area contributed by atoms with Gasteiger partial charge < -0.3 is 0 Å². The van der Waals surface area contributed by atoms with Gasteiger partial charge in [0.05, 0.1) is 0 Å². The van der Waals surface area contributed by atoms with E-state index in [1.54, 1.807) is 18.8 Å². The molecule has 1 aliphatic carbocycles. The third-order valence-corrected chi connectivity index (χ3v) is 0.586. The van der Waals surface area contributed by atoms with Gasteiger partial charge in [0.1, 0.15) is 0 Å². The predicted molar refractivity (Wildman–Crippen MR) is 27.4 cm³/mol. The summed E-state index contributed by atoms with van der Waals surface area (Å²) >= 11 is 1.61. The molecule has 0 N–H and O–H groups in total. The van der Waals surface area contributed by atoms with Gasteiger partial charge in [-0.3, -0.25) is 6.08 Å². The molecule has 1 aliphatic rings. The van der Waals surface area contributed by atoms with Gasteiger partial charge in [-0.25, -0.2) is 12.2 Å². The molecule has 0 heterocycles. The van der Waals surface area contributed by atoms with Gasteiger partial charge in [0.2, 0.25) is 0 Å². The van der Waals surface area contributed by atoms with Crippen LogP contribution >= 0.6 is 9.42 Å². The summed E-state index contributed by atoms with van der Waals surface area (Å²) in [6, 6.07) is 0. The zero-order valence-corrected chi connectivity index (χ0v) is 6.66. The molecule has 0 aromatic rings. The first-order valence-corrected chi connectivity index (χ1v) is 4.65. The molecule has 0 saturated carbocycles. The van der Waals surface area contributed by atoms with Gasteiger partial charge >= 0.3 is 28.2 Å². The van der Waals surface area contributed by atoms with Crippen molar-refractivity contribution in [3.63, 3.8) is 0 Å². The molecule has 0 atom stereocenters. The number of rotatable bonds is 0. The molecular formula is C5H5ClPt. The second-order valence-corrected chi connectivity index (χ2v) is 1.00. The Kier molecular flexibility index (Phi) is 6.88. The average Bonchev–Trinajstić information content (AvgIpc) is 2.23. The van der Waals surface area contributed by atoms with Gasteiger partial charge in [-0.15, -0.1) is 6.42 Å². The van der Waals surface area contributed by atoms with E-state index in [1.165, 1.54) is 0 Å². The fourth-order valence-corrected chi connectivity index (χ4v) is 0.340. The summed E-state index contributed by atoms with van der Waals surface area (Å²) in [6.45, 7) is 0. The fraction of sp³-hybridized carbons (Fsp3) is 0.200. The van der Waals surface area contributed by atoms with E-state index in [9.17, 15) is 0 Å². The van der Waals surface area contributed by atoms with E-state index in [-0.39, 0.29) is 0 Å². The van der Waals surface area contributed by atoms with Crippen molar-refractivity contribution >= 4 is 9.42 Å². The van der Waals surface area contributed by atoms with Crippen LogP contribution in [0.5, 0.6) is 0 Å². The summed E-state index contributed by atoms with van der Waals surface area (Å²) in [5.74, 6) is 0. The molecule has 0 amide bonds. The van der Waals surface area contributed by atoms with E-state index in [0.717, 1.165) is 6.42 Å². The van der Waals surface area contributed by atoms with Crippen molar-refractivity contribution in [3.05, 3.63) is 24.3 Å². The van der Waals surface area contributed by atoms with Crippen LogP contribution in [0.3, 0.4) is 0 Å². The van der Waals surface area contributed by atoms with Gasteiger partial charge in [0.15, 0.2) is 0 Å². The SMILES string of the molecule is [C-]1=CC=CC1.[Cl][Pt+]. The molecule has 0 fully saturated rings. The van der Waals surface area contributed by atoms with Crippen LogP contribution < -0.4 is 0 Å². The minimum absolute atomic E-state index is 1.01. The second-order valence-electron chi connectivity index (χ2n) is 1.00. The number of halogens is 1. The Morgan fingerprint density at radius 2 is 2.29 bits per heavy atom. The van der Waals surface area contributed by atoms with Crippen LogP contribution in [0.1, 0.15) is 6.42 Å². The van der Waals surface area contributed by atoms with Crippen molar-refractivity contribution < 1.29 is 18.8 Å². The molecule has 2 heteroatoms. The third-order valence-electron chi connectivity index (χ3n) is 0.586. The van der Waals surface area contributed by atoms with E-state index in [1.807, 2.05) is 12.2 Å². The van der Waals surface area contributed by atoms with Crippen molar-refractivity contribution in [2.45, 2.75) is 6.42 Å².